The fraction of sp³-hybridized carbons (Fsp3) is 0.929. The van der Waals surface area contributed by atoms with Crippen molar-refractivity contribution in [3.05, 3.63) is 0 Å². The minimum absolute atomic E-state index is 0.194. The molecule has 0 radical (unpaired) electrons. The largest absolute Gasteiger partial charge is 0.466 e. The number of carbonyl (C=O) groups excluding carboxylic acids is 1. The molecule has 0 heterocycles. The van der Waals surface area contributed by atoms with E-state index >= 15 is 0 Å². The van der Waals surface area contributed by atoms with Crippen LogP contribution in [0.25, 0.3) is 0 Å². The maximum absolute atomic E-state index is 10.5. The van der Waals surface area contributed by atoms with E-state index in [-0.39, 0.29) is 5.97 Å². The average Bonchev–Trinajstić information content (AvgIpc) is 2.38. The minimum Gasteiger partial charge on any atom is -0.466 e. The maximum atomic E-state index is 10.5. The molecule has 0 aromatic carbocycles. The van der Waals surface area contributed by atoms with Crippen molar-refractivity contribution in [3.63, 3.8) is 0 Å². The lowest BCUT2D eigenvalue weighted by atomic mass is 10.3. The highest BCUT2D eigenvalue weighted by Crippen LogP contribution is 2.24. The van der Waals surface area contributed by atoms with Crippen molar-refractivity contribution in [2.24, 2.45) is 0 Å². The molecule has 0 aromatic heterocycles. The Labute approximate surface area is 113 Å². The van der Waals surface area contributed by atoms with Crippen LogP contribution in [0, 0.1) is 0 Å². The molecule has 0 aliphatic carbocycles. The molecule has 0 N–H and O–H groups in total. The molecule has 0 unspecified atom stereocenters. The summed E-state index contributed by atoms with van der Waals surface area (Å²) < 4.78 is 10.6. The SMILES string of the molecule is CC[Si](CC)(CC)CCOCCCCOC(C)=O. The molecule has 0 spiro atoms. The van der Waals surface area contributed by atoms with Crippen molar-refractivity contribution in [1.29, 1.82) is 0 Å². The molecule has 0 rings (SSSR count). The Morgan fingerprint density at radius 2 is 1.50 bits per heavy atom. The number of hydrogen-bond donors (Lipinski definition) is 0. The third-order valence-electron chi connectivity index (χ3n) is 4.02. The summed E-state index contributed by atoms with van der Waals surface area (Å²) >= 11 is 0. The molecular weight excluding hydrogens is 244 g/mol. The van der Waals surface area contributed by atoms with E-state index in [2.05, 4.69) is 20.8 Å². The van der Waals surface area contributed by atoms with Crippen LogP contribution in [0.1, 0.15) is 40.5 Å². The van der Waals surface area contributed by atoms with Gasteiger partial charge in [0.2, 0.25) is 0 Å². The van der Waals surface area contributed by atoms with E-state index in [1.807, 2.05) is 0 Å². The lowest BCUT2D eigenvalue weighted by Crippen LogP contribution is -2.32. The van der Waals surface area contributed by atoms with Gasteiger partial charge in [0.1, 0.15) is 0 Å². The Balaban J connectivity index is 3.47. The highest BCUT2D eigenvalue weighted by molar-refractivity contribution is 6.79. The number of hydrogen-bond acceptors (Lipinski definition) is 3. The van der Waals surface area contributed by atoms with Gasteiger partial charge in [0, 0.05) is 20.1 Å². The summed E-state index contributed by atoms with van der Waals surface area (Å²) in [5.74, 6) is -0.194. The second kappa shape index (κ2) is 10.6. The van der Waals surface area contributed by atoms with Gasteiger partial charge in [-0.05, 0) is 18.9 Å². The monoisotopic (exact) mass is 274 g/mol. The molecule has 4 heteroatoms. The summed E-state index contributed by atoms with van der Waals surface area (Å²) in [6.07, 6.45) is 1.88. The number of esters is 1. The van der Waals surface area contributed by atoms with Crippen LogP contribution < -0.4 is 0 Å². The van der Waals surface area contributed by atoms with E-state index < -0.39 is 8.07 Å². The van der Waals surface area contributed by atoms with Crippen LogP contribution in [0.3, 0.4) is 0 Å². The van der Waals surface area contributed by atoms with Crippen LogP contribution in [0.2, 0.25) is 24.2 Å². The highest BCUT2D eigenvalue weighted by atomic mass is 28.3. The van der Waals surface area contributed by atoms with Gasteiger partial charge >= 0.3 is 5.97 Å². The van der Waals surface area contributed by atoms with E-state index in [1.165, 1.54) is 31.1 Å². The Morgan fingerprint density at radius 3 is 2.00 bits per heavy atom. The van der Waals surface area contributed by atoms with Crippen LogP contribution in [0.5, 0.6) is 0 Å². The molecule has 0 saturated carbocycles. The van der Waals surface area contributed by atoms with Gasteiger partial charge in [-0.3, -0.25) is 4.79 Å². The fourth-order valence-electron chi connectivity index (χ4n) is 2.19. The van der Waals surface area contributed by atoms with Crippen molar-refractivity contribution in [2.75, 3.05) is 19.8 Å². The fourth-order valence-corrected chi connectivity index (χ4v) is 5.33. The number of ether oxygens (including phenoxy) is 2. The Kier molecular flexibility index (Phi) is 10.4. The van der Waals surface area contributed by atoms with Crippen LogP contribution in [-0.2, 0) is 14.3 Å². The molecule has 0 aliphatic rings. The van der Waals surface area contributed by atoms with Crippen LogP contribution in [-0.4, -0.2) is 33.9 Å². The standard InChI is InChI=1S/C14H30O3Si/c1-5-18(6-2,7-3)13-12-16-10-8-9-11-17-14(4)15/h5-13H2,1-4H3. The molecule has 0 aromatic rings. The van der Waals surface area contributed by atoms with Gasteiger partial charge in [-0.1, -0.05) is 38.9 Å². The maximum Gasteiger partial charge on any atom is 0.302 e. The Morgan fingerprint density at radius 1 is 0.944 bits per heavy atom. The van der Waals surface area contributed by atoms with E-state index in [0.29, 0.717) is 6.61 Å². The number of unbranched alkanes of at least 4 members (excludes halogenated alkanes) is 1. The molecule has 18 heavy (non-hydrogen) atoms. The minimum atomic E-state index is -1.00. The van der Waals surface area contributed by atoms with Crippen LogP contribution in [0.4, 0.5) is 0 Å². The molecule has 0 aliphatic heterocycles. The van der Waals surface area contributed by atoms with E-state index in [1.54, 1.807) is 0 Å². The average molecular weight is 274 g/mol. The summed E-state index contributed by atoms with van der Waals surface area (Å²) in [5, 5.41) is 0. The van der Waals surface area contributed by atoms with Gasteiger partial charge in [0.25, 0.3) is 0 Å². The number of carbonyl (C=O) groups is 1. The van der Waals surface area contributed by atoms with Crippen molar-refractivity contribution < 1.29 is 14.3 Å². The first-order valence-electron chi connectivity index (χ1n) is 7.31. The normalized spacial score (nSPS) is 11.6. The first-order valence-corrected chi connectivity index (χ1v) is 10.1. The molecule has 108 valence electrons. The quantitative estimate of drug-likeness (QED) is 0.326. The smallest absolute Gasteiger partial charge is 0.302 e. The van der Waals surface area contributed by atoms with Gasteiger partial charge in [0.15, 0.2) is 0 Å². The molecule has 0 fully saturated rings. The van der Waals surface area contributed by atoms with Crippen molar-refractivity contribution in [1.82, 2.24) is 0 Å². The Bertz CT molecular complexity index is 207. The van der Waals surface area contributed by atoms with E-state index in [9.17, 15) is 4.79 Å². The second-order valence-corrected chi connectivity index (χ2v) is 10.6. The van der Waals surface area contributed by atoms with Crippen LogP contribution in [0.15, 0.2) is 0 Å². The lowest BCUT2D eigenvalue weighted by Gasteiger charge is -2.27. The number of rotatable bonds is 11. The summed E-state index contributed by atoms with van der Waals surface area (Å²) in [6, 6.07) is 5.40. The van der Waals surface area contributed by atoms with Crippen LogP contribution >= 0.6 is 0 Å². The van der Waals surface area contributed by atoms with Crippen molar-refractivity contribution in [3.8, 4) is 0 Å². The van der Waals surface area contributed by atoms with Gasteiger partial charge in [-0.25, -0.2) is 0 Å². The molecule has 0 bridgehead atoms. The molecule has 0 saturated heterocycles. The first kappa shape index (κ1) is 17.6. The Hall–Kier alpha value is -0.353. The van der Waals surface area contributed by atoms with E-state index in [4.69, 9.17) is 9.47 Å². The summed E-state index contributed by atoms with van der Waals surface area (Å²) in [7, 11) is -1.00. The zero-order valence-corrected chi connectivity index (χ0v) is 13.6. The van der Waals surface area contributed by atoms with Gasteiger partial charge in [0.05, 0.1) is 14.7 Å². The molecule has 3 nitrogen and oxygen atoms in total. The summed E-state index contributed by atoms with van der Waals surface area (Å²) in [6.45, 7) is 10.7. The predicted molar refractivity (Wildman–Crippen MR) is 78.7 cm³/mol. The highest BCUT2D eigenvalue weighted by Gasteiger charge is 2.25. The van der Waals surface area contributed by atoms with Gasteiger partial charge < -0.3 is 9.47 Å². The van der Waals surface area contributed by atoms with Crippen molar-refractivity contribution >= 4 is 14.0 Å². The third kappa shape index (κ3) is 7.87. The predicted octanol–water partition coefficient (Wildman–Crippen LogP) is 3.85. The van der Waals surface area contributed by atoms with Gasteiger partial charge in [-0.15, -0.1) is 0 Å². The van der Waals surface area contributed by atoms with Crippen molar-refractivity contribution in [2.45, 2.75) is 64.7 Å². The zero-order valence-electron chi connectivity index (χ0n) is 12.6. The summed E-state index contributed by atoms with van der Waals surface area (Å²) in [4.78, 5) is 10.5. The second-order valence-electron chi connectivity index (χ2n) is 4.97. The third-order valence-corrected chi connectivity index (χ3v) is 9.78. The summed E-state index contributed by atoms with van der Waals surface area (Å²) in [5.41, 5.74) is 0. The van der Waals surface area contributed by atoms with Gasteiger partial charge in [-0.2, -0.15) is 0 Å². The topological polar surface area (TPSA) is 35.5 Å². The molecule has 0 amide bonds. The molecule has 0 atom stereocenters. The molecular formula is C14H30O3Si. The van der Waals surface area contributed by atoms with E-state index in [0.717, 1.165) is 26.1 Å². The zero-order chi connectivity index (χ0) is 13.9. The first-order chi connectivity index (χ1) is 8.60. The lowest BCUT2D eigenvalue weighted by molar-refractivity contribution is -0.141.